The average molecular weight is 200 g/mol. The van der Waals surface area contributed by atoms with E-state index in [1.807, 2.05) is 6.92 Å². The number of nitrogens with one attached hydrogen (secondary N) is 1. The molecule has 3 atom stereocenters. The van der Waals surface area contributed by atoms with Crippen molar-refractivity contribution in [2.24, 2.45) is 11.7 Å². The molecule has 3 unspecified atom stereocenters. The van der Waals surface area contributed by atoms with Crippen LogP contribution in [0.5, 0.6) is 0 Å². The van der Waals surface area contributed by atoms with Crippen LogP contribution in [0.4, 0.5) is 0 Å². The third kappa shape index (κ3) is 2.70. The van der Waals surface area contributed by atoms with Crippen molar-refractivity contribution in [3.05, 3.63) is 0 Å². The van der Waals surface area contributed by atoms with E-state index in [4.69, 9.17) is 5.73 Å². The van der Waals surface area contributed by atoms with Crippen LogP contribution in [0.25, 0.3) is 0 Å². The number of hydrogen-bond donors (Lipinski definition) is 2. The molecule has 0 spiro atoms. The maximum absolute atomic E-state index is 11.3. The number of carbonyl (C=O) groups is 2. The maximum Gasteiger partial charge on any atom is 0.332 e. The lowest BCUT2D eigenvalue weighted by molar-refractivity contribution is -0.148. The molecular weight excluding hydrogens is 184 g/mol. The summed E-state index contributed by atoms with van der Waals surface area (Å²) in [6, 6.07) is -1.01. The van der Waals surface area contributed by atoms with Crippen LogP contribution in [0.2, 0.25) is 0 Å². The lowest BCUT2D eigenvalue weighted by Gasteiger charge is -2.10. The first-order valence-corrected chi connectivity index (χ1v) is 4.78. The highest BCUT2D eigenvalue weighted by Gasteiger charge is 2.36. The van der Waals surface area contributed by atoms with Crippen molar-refractivity contribution in [2.75, 3.05) is 6.61 Å². The Hall–Kier alpha value is -1.10. The van der Waals surface area contributed by atoms with Gasteiger partial charge in [-0.1, -0.05) is 6.92 Å². The zero-order valence-corrected chi connectivity index (χ0v) is 8.45. The van der Waals surface area contributed by atoms with Crippen LogP contribution >= 0.6 is 0 Å². The van der Waals surface area contributed by atoms with Gasteiger partial charge in [0.2, 0.25) is 5.91 Å². The summed E-state index contributed by atoms with van der Waals surface area (Å²) >= 11 is 0. The van der Waals surface area contributed by atoms with E-state index in [1.54, 1.807) is 6.92 Å². The minimum atomic E-state index is -1.19. The summed E-state index contributed by atoms with van der Waals surface area (Å²) in [7, 11) is 0. The Balaban J connectivity index is 2.32. The number of esters is 1. The van der Waals surface area contributed by atoms with Gasteiger partial charge in [0.15, 0.2) is 6.04 Å². The molecule has 1 rings (SSSR count). The minimum absolute atomic E-state index is 0.183. The van der Waals surface area contributed by atoms with Gasteiger partial charge >= 0.3 is 5.97 Å². The molecule has 0 aromatic rings. The Morgan fingerprint density at radius 1 is 1.64 bits per heavy atom. The maximum atomic E-state index is 11.3. The van der Waals surface area contributed by atoms with E-state index >= 15 is 0 Å². The Morgan fingerprint density at radius 3 is 2.64 bits per heavy atom. The molecular formula is C9H16N2O3. The van der Waals surface area contributed by atoms with Gasteiger partial charge in [-0.3, -0.25) is 4.79 Å². The van der Waals surface area contributed by atoms with Crippen LogP contribution in [-0.4, -0.2) is 30.6 Å². The molecule has 80 valence electrons. The third-order valence-electron chi connectivity index (χ3n) is 2.26. The van der Waals surface area contributed by atoms with Crippen LogP contribution in [-0.2, 0) is 14.3 Å². The van der Waals surface area contributed by atoms with Crippen molar-refractivity contribution in [1.82, 2.24) is 5.32 Å². The lowest BCUT2D eigenvalue weighted by atomic mass is 10.3. The smallest absolute Gasteiger partial charge is 0.332 e. The molecule has 0 heterocycles. The van der Waals surface area contributed by atoms with Gasteiger partial charge in [-0.05, 0) is 19.3 Å². The molecule has 0 aliphatic heterocycles. The van der Waals surface area contributed by atoms with E-state index in [-0.39, 0.29) is 12.6 Å². The second-order valence-electron chi connectivity index (χ2n) is 3.56. The van der Waals surface area contributed by atoms with Gasteiger partial charge in [0, 0.05) is 6.04 Å². The predicted octanol–water partition coefficient (Wildman–Crippen LogP) is -0.599. The highest BCUT2D eigenvalue weighted by molar-refractivity contribution is 6.01. The van der Waals surface area contributed by atoms with Crippen LogP contribution in [0, 0.1) is 5.92 Å². The summed E-state index contributed by atoms with van der Waals surface area (Å²) in [4.78, 5) is 22.4. The zero-order valence-electron chi connectivity index (χ0n) is 8.45. The largest absolute Gasteiger partial charge is 0.464 e. The Kier molecular flexibility index (Phi) is 3.46. The molecule has 5 nitrogen and oxygen atoms in total. The summed E-state index contributed by atoms with van der Waals surface area (Å²) in [5.41, 5.74) is 5.38. The monoisotopic (exact) mass is 200 g/mol. The van der Waals surface area contributed by atoms with Gasteiger partial charge in [0.1, 0.15) is 0 Å². The van der Waals surface area contributed by atoms with Crippen molar-refractivity contribution < 1.29 is 14.3 Å². The zero-order chi connectivity index (χ0) is 10.7. The fourth-order valence-electron chi connectivity index (χ4n) is 1.13. The van der Waals surface area contributed by atoms with Gasteiger partial charge in [0.05, 0.1) is 6.61 Å². The summed E-state index contributed by atoms with van der Waals surface area (Å²) in [5.74, 6) is -0.621. The quantitative estimate of drug-likeness (QED) is 0.469. The number of rotatable bonds is 4. The van der Waals surface area contributed by atoms with E-state index in [9.17, 15) is 9.59 Å². The molecule has 1 aliphatic carbocycles. The third-order valence-corrected chi connectivity index (χ3v) is 2.26. The van der Waals surface area contributed by atoms with E-state index in [0.29, 0.717) is 5.92 Å². The van der Waals surface area contributed by atoms with E-state index in [1.165, 1.54) is 0 Å². The SMILES string of the molecule is CCOC(=O)C(N)C(=O)NC1CC1C. The van der Waals surface area contributed by atoms with Gasteiger partial charge in [-0.2, -0.15) is 0 Å². The van der Waals surface area contributed by atoms with Gasteiger partial charge < -0.3 is 15.8 Å². The predicted molar refractivity (Wildman–Crippen MR) is 50.3 cm³/mol. The van der Waals surface area contributed by atoms with Crippen LogP contribution < -0.4 is 11.1 Å². The molecule has 1 fully saturated rings. The number of hydrogen-bond acceptors (Lipinski definition) is 4. The summed E-state index contributed by atoms with van der Waals surface area (Å²) in [5, 5.41) is 2.68. The Bertz CT molecular complexity index is 242. The number of ether oxygens (including phenoxy) is 1. The van der Waals surface area contributed by atoms with Crippen molar-refractivity contribution in [2.45, 2.75) is 32.4 Å². The molecule has 1 aliphatic rings. The van der Waals surface area contributed by atoms with Crippen LogP contribution in [0.15, 0.2) is 0 Å². The van der Waals surface area contributed by atoms with E-state index < -0.39 is 17.9 Å². The Morgan fingerprint density at radius 2 is 2.21 bits per heavy atom. The molecule has 1 saturated carbocycles. The van der Waals surface area contributed by atoms with Crippen LogP contribution in [0.3, 0.4) is 0 Å². The van der Waals surface area contributed by atoms with E-state index in [0.717, 1.165) is 6.42 Å². The standard InChI is InChI=1S/C9H16N2O3/c1-3-14-9(13)7(10)8(12)11-6-4-5(6)2/h5-7H,3-4,10H2,1-2H3,(H,11,12). The Labute approximate surface area is 83.0 Å². The summed E-state index contributed by atoms with van der Waals surface area (Å²) in [6.07, 6.45) is 0.960. The highest BCUT2D eigenvalue weighted by Crippen LogP contribution is 2.28. The first-order chi connectivity index (χ1) is 6.56. The molecule has 3 N–H and O–H groups in total. The van der Waals surface area contributed by atoms with Gasteiger partial charge in [-0.15, -0.1) is 0 Å². The summed E-state index contributed by atoms with van der Waals surface area (Å²) in [6.45, 7) is 3.94. The van der Waals surface area contributed by atoms with Crippen molar-refractivity contribution in [3.8, 4) is 0 Å². The summed E-state index contributed by atoms with van der Waals surface area (Å²) < 4.78 is 4.63. The normalized spacial score (nSPS) is 26.5. The van der Waals surface area contributed by atoms with Gasteiger partial charge in [-0.25, -0.2) is 4.79 Å². The first-order valence-electron chi connectivity index (χ1n) is 4.78. The highest BCUT2D eigenvalue weighted by atomic mass is 16.5. The first kappa shape index (κ1) is 11.0. The van der Waals surface area contributed by atoms with Crippen molar-refractivity contribution in [3.63, 3.8) is 0 Å². The number of nitrogens with two attached hydrogens (primary N) is 1. The average Bonchev–Trinajstić information content (AvgIpc) is 2.80. The molecule has 0 aromatic heterocycles. The van der Waals surface area contributed by atoms with Crippen molar-refractivity contribution >= 4 is 11.9 Å². The lowest BCUT2D eigenvalue weighted by Crippen LogP contribution is -2.47. The second-order valence-corrected chi connectivity index (χ2v) is 3.56. The number of amides is 1. The van der Waals surface area contributed by atoms with Crippen LogP contribution in [0.1, 0.15) is 20.3 Å². The fourth-order valence-corrected chi connectivity index (χ4v) is 1.13. The topological polar surface area (TPSA) is 81.4 Å². The molecule has 5 heteroatoms. The molecule has 0 radical (unpaired) electrons. The van der Waals surface area contributed by atoms with Crippen molar-refractivity contribution in [1.29, 1.82) is 0 Å². The second kappa shape index (κ2) is 4.41. The van der Waals surface area contributed by atoms with E-state index in [2.05, 4.69) is 10.1 Å². The van der Waals surface area contributed by atoms with Gasteiger partial charge in [0.25, 0.3) is 0 Å². The molecule has 0 aromatic carbocycles. The number of carbonyl (C=O) groups excluding carboxylic acids is 2. The molecule has 0 bridgehead atoms. The molecule has 14 heavy (non-hydrogen) atoms. The minimum Gasteiger partial charge on any atom is -0.464 e. The fraction of sp³-hybridized carbons (Fsp3) is 0.778. The molecule has 0 saturated heterocycles. The molecule has 1 amide bonds.